The van der Waals surface area contributed by atoms with Crippen LogP contribution >= 0.6 is 0 Å². The molecule has 0 aromatic carbocycles. The molecule has 0 aromatic heterocycles. The van der Waals surface area contributed by atoms with Gasteiger partial charge in [0.15, 0.2) is 8.32 Å². The molecule has 0 aliphatic heterocycles. The van der Waals surface area contributed by atoms with Crippen molar-refractivity contribution in [1.82, 2.24) is 0 Å². The van der Waals surface area contributed by atoms with Gasteiger partial charge in [0.1, 0.15) is 0 Å². The van der Waals surface area contributed by atoms with E-state index in [1.165, 1.54) is 0 Å². The topological polar surface area (TPSA) is 61.3 Å². The molecule has 0 aliphatic rings. The highest BCUT2D eigenvalue weighted by Gasteiger charge is 2.21. The first kappa shape index (κ1) is 11.1. The van der Waals surface area contributed by atoms with Crippen LogP contribution in [0, 0.1) is 0 Å². The van der Waals surface area contributed by atoms with E-state index in [-0.39, 0.29) is 6.17 Å². The molecule has 0 atom stereocenters. The molecule has 0 fully saturated rings. The van der Waals surface area contributed by atoms with Gasteiger partial charge in [-0.3, -0.25) is 0 Å². The van der Waals surface area contributed by atoms with Gasteiger partial charge in [0.25, 0.3) is 0 Å². The lowest BCUT2D eigenvalue weighted by Crippen LogP contribution is -2.36. The average Bonchev–Trinajstić information content (AvgIpc) is 1.84. The summed E-state index contributed by atoms with van der Waals surface area (Å²) in [7, 11) is -1.43. The molecule has 0 aromatic rings. The molecule has 11 heavy (non-hydrogen) atoms. The van der Waals surface area contributed by atoms with Crippen LogP contribution in [0.2, 0.25) is 19.1 Å². The smallest absolute Gasteiger partial charge is 0.186 e. The van der Waals surface area contributed by atoms with E-state index in [1.54, 1.807) is 0 Å². The van der Waals surface area contributed by atoms with E-state index < -0.39 is 8.32 Å². The van der Waals surface area contributed by atoms with Crippen molar-refractivity contribution in [3.8, 4) is 0 Å². The Morgan fingerprint density at radius 3 is 2.27 bits per heavy atom. The molecular formula is C7H20N2OSi. The molecular weight excluding hydrogens is 156 g/mol. The lowest BCUT2D eigenvalue weighted by molar-refractivity contribution is 0.327. The Labute approximate surface area is 70.2 Å². The van der Waals surface area contributed by atoms with E-state index in [0.717, 1.165) is 19.1 Å². The Kier molecular flexibility index (Phi) is 4.91. The number of rotatable bonds is 5. The Balaban J connectivity index is 3.54. The van der Waals surface area contributed by atoms with Crippen molar-refractivity contribution < 1.29 is 4.43 Å². The molecule has 0 spiro atoms. The van der Waals surface area contributed by atoms with Gasteiger partial charge in [-0.05, 0) is 32.5 Å². The standard InChI is InChI=1S/C7H20N2OSi/c1-4-10-11(2,3)6-5-7(8)9/h7H,4-6,8-9H2,1-3H3. The lowest BCUT2D eigenvalue weighted by Gasteiger charge is -2.22. The zero-order chi connectivity index (χ0) is 8.91. The Morgan fingerprint density at radius 2 is 1.91 bits per heavy atom. The quantitative estimate of drug-likeness (QED) is 0.482. The zero-order valence-corrected chi connectivity index (χ0v) is 8.76. The first-order chi connectivity index (χ1) is 4.98. The van der Waals surface area contributed by atoms with Crippen molar-refractivity contribution in [2.75, 3.05) is 6.61 Å². The van der Waals surface area contributed by atoms with Crippen molar-refractivity contribution in [3.05, 3.63) is 0 Å². The van der Waals surface area contributed by atoms with E-state index in [4.69, 9.17) is 15.9 Å². The average molecular weight is 176 g/mol. The minimum atomic E-state index is -1.43. The maximum atomic E-state index is 5.61. The number of hydrogen-bond acceptors (Lipinski definition) is 3. The molecule has 0 unspecified atom stereocenters. The van der Waals surface area contributed by atoms with Gasteiger partial charge in [-0.2, -0.15) is 0 Å². The highest BCUT2D eigenvalue weighted by atomic mass is 28.4. The highest BCUT2D eigenvalue weighted by molar-refractivity contribution is 6.71. The number of hydrogen-bond donors (Lipinski definition) is 2. The molecule has 0 saturated heterocycles. The third kappa shape index (κ3) is 6.49. The van der Waals surface area contributed by atoms with E-state index in [0.29, 0.717) is 0 Å². The molecule has 0 saturated carbocycles. The summed E-state index contributed by atoms with van der Waals surface area (Å²) in [6.45, 7) is 7.22. The van der Waals surface area contributed by atoms with Gasteiger partial charge in [-0.1, -0.05) is 0 Å². The van der Waals surface area contributed by atoms with Gasteiger partial charge in [0.05, 0.1) is 6.17 Å². The first-order valence-electron chi connectivity index (χ1n) is 4.13. The maximum absolute atomic E-state index is 5.61. The largest absolute Gasteiger partial charge is 0.418 e. The second-order valence-electron chi connectivity index (χ2n) is 3.40. The maximum Gasteiger partial charge on any atom is 0.186 e. The molecule has 0 heterocycles. The van der Waals surface area contributed by atoms with Gasteiger partial charge >= 0.3 is 0 Å². The van der Waals surface area contributed by atoms with E-state index in [9.17, 15) is 0 Å². The molecule has 0 aliphatic carbocycles. The van der Waals surface area contributed by atoms with Crippen LogP contribution in [-0.2, 0) is 4.43 Å². The summed E-state index contributed by atoms with van der Waals surface area (Å²) in [6, 6.07) is 1.05. The van der Waals surface area contributed by atoms with Crippen LogP contribution in [0.4, 0.5) is 0 Å². The normalized spacial score (nSPS) is 12.5. The van der Waals surface area contributed by atoms with Crippen LogP contribution in [0.1, 0.15) is 13.3 Å². The minimum absolute atomic E-state index is 0.178. The van der Waals surface area contributed by atoms with Crippen LogP contribution in [0.5, 0.6) is 0 Å². The second kappa shape index (κ2) is 4.87. The Bertz CT molecular complexity index is 107. The fourth-order valence-electron chi connectivity index (χ4n) is 0.977. The van der Waals surface area contributed by atoms with Crippen LogP contribution in [-0.4, -0.2) is 21.1 Å². The zero-order valence-electron chi connectivity index (χ0n) is 7.76. The van der Waals surface area contributed by atoms with Gasteiger partial charge in [-0.15, -0.1) is 0 Å². The molecule has 0 rings (SSSR count). The minimum Gasteiger partial charge on any atom is -0.418 e. The predicted octanol–water partition coefficient (Wildman–Crippen LogP) is 0.862. The molecule has 0 radical (unpaired) electrons. The second-order valence-corrected chi connectivity index (χ2v) is 7.70. The summed E-state index contributed by atoms with van der Waals surface area (Å²) in [5, 5.41) is 0. The summed E-state index contributed by atoms with van der Waals surface area (Å²) in [5.41, 5.74) is 10.9. The van der Waals surface area contributed by atoms with Gasteiger partial charge < -0.3 is 15.9 Å². The predicted molar refractivity (Wildman–Crippen MR) is 50.7 cm³/mol. The first-order valence-corrected chi connectivity index (χ1v) is 7.24. The summed E-state index contributed by atoms with van der Waals surface area (Å²) >= 11 is 0. The van der Waals surface area contributed by atoms with Gasteiger partial charge in [-0.25, -0.2) is 0 Å². The van der Waals surface area contributed by atoms with Crippen molar-refractivity contribution in [2.24, 2.45) is 11.5 Å². The molecule has 4 heteroatoms. The summed E-state index contributed by atoms with van der Waals surface area (Å²) in [5.74, 6) is 0. The van der Waals surface area contributed by atoms with E-state index >= 15 is 0 Å². The van der Waals surface area contributed by atoms with Gasteiger partial charge in [0, 0.05) is 6.61 Å². The highest BCUT2D eigenvalue weighted by Crippen LogP contribution is 2.13. The lowest BCUT2D eigenvalue weighted by atomic mass is 10.4. The summed E-state index contributed by atoms with van der Waals surface area (Å²) in [4.78, 5) is 0. The van der Waals surface area contributed by atoms with Crippen molar-refractivity contribution in [1.29, 1.82) is 0 Å². The van der Waals surface area contributed by atoms with Crippen LogP contribution in [0.15, 0.2) is 0 Å². The van der Waals surface area contributed by atoms with Crippen LogP contribution < -0.4 is 11.5 Å². The molecule has 3 nitrogen and oxygen atoms in total. The molecule has 0 amide bonds. The van der Waals surface area contributed by atoms with Crippen LogP contribution in [0.25, 0.3) is 0 Å². The Morgan fingerprint density at radius 1 is 1.36 bits per heavy atom. The van der Waals surface area contributed by atoms with E-state index in [2.05, 4.69) is 13.1 Å². The van der Waals surface area contributed by atoms with E-state index in [1.807, 2.05) is 6.92 Å². The Hall–Kier alpha value is 0.0969. The summed E-state index contributed by atoms with van der Waals surface area (Å²) in [6.07, 6.45) is 0.696. The third-order valence-electron chi connectivity index (χ3n) is 1.61. The SMILES string of the molecule is CCO[Si](C)(C)CCC(N)N. The number of nitrogens with two attached hydrogens (primary N) is 2. The summed E-state index contributed by atoms with van der Waals surface area (Å²) < 4.78 is 5.61. The fraction of sp³-hybridized carbons (Fsp3) is 1.00. The third-order valence-corrected chi connectivity index (χ3v) is 4.18. The fourth-order valence-corrected chi connectivity index (χ4v) is 2.93. The molecule has 68 valence electrons. The monoisotopic (exact) mass is 176 g/mol. The van der Waals surface area contributed by atoms with Crippen molar-refractivity contribution in [2.45, 2.75) is 38.6 Å². The van der Waals surface area contributed by atoms with Crippen molar-refractivity contribution in [3.63, 3.8) is 0 Å². The van der Waals surface area contributed by atoms with Gasteiger partial charge in [0.2, 0.25) is 0 Å². The molecule has 0 bridgehead atoms. The van der Waals surface area contributed by atoms with Crippen molar-refractivity contribution >= 4 is 8.32 Å². The van der Waals surface area contributed by atoms with Crippen LogP contribution in [0.3, 0.4) is 0 Å². The molecule has 4 N–H and O–H groups in total.